The molecule has 1 N–H and O–H groups in total. The monoisotopic (exact) mass is 358 g/mol. The number of aromatic nitrogens is 2. The molecular formula is C19H26N4O3. The number of carbonyl (C=O) groups is 1. The number of rotatable bonds is 9. The topological polar surface area (TPSA) is 76.6 Å². The molecule has 1 amide bonds. The highest BCUT2D eigenvalue weighted by Gasteiger charge is 2.19. The molecule has 7 heteroatoms. The van der Waals surface area contributed by atoms with Crippen molar-refractivity contribution in [2.24, 2.45) is 0 Å². The number of nitrogens with one attached hydrogen (secondary N) is 1. The Labute approximate surface area is 154 Å². The van der Waals surface area contributed by atoms with Crippen molar-refractivity contribution in [3.05, 3.63) is 35.9 Å². The van der Waals surface area contributed by atoms with Gasteiger partial charge >= 0.3 is 0 Å². The molecule has 1 heterocycles. The van der Waals surface area contributed by atoms with Crippen LogP contribution >= 0.6 is 0 Å². The fourth-order valence-electron chi connectivity index (χ4n) is 2.70. The van der Waals surface area contributed by atoms with Gasteiger partial charge in [-0.2, -0.15) is 0 Å². The van der Waals surface area contributed by atoms with Crippen LogP contribution in [0.3, 0.4) is 0 Å². The molecule has 0 atom stereocenters. The third-order valence-corrected chi connectivity index (χ3v) is 3.86. The lowest BCUT2D eigenvalue weighted by Crippen LogP contribution is -2.26. The minimum absolute atomic E-state index is 0.321. The molecule has 1 aromatic heterocycles. The standard InChI is InChI=1S/C19H26N4O3/c1-5-12-23(13-6-2)17-11-10-16(21-22-17)20-19(24)18-14(25-3)8-7-9-15(18)26-4/h7-11H,5-6,12-13H2,1-4H3,(H,20,21,24). The lowest BCUT2D eigenvalue weighted by molar-refractivity contribution is 0.102. The number of methoxy groups -OCH3 is 2. The van der Waals surface area contributed by atoms with Gasteiger partial charge in [0, 0.05) is 13.1 Å². The molecule has 2 rings (SSSR count). The molecular weight excluding hydrogens is 332 g/mol. The quantitative estimate of drug-likeness (QED) is 0.741. The fraction of sp³-hybridized carbons (Fsp3) is 0.421. The third-order valence-electron chi connectivity index (χ3n) is 3.86. The summed E-state index contributed by atoms with van der Waals surface area (Å²) in [5.41, 5.74) is 0.321. The van der Waals surface area contributed by atoms with Crippen molar-refractivity contribution in [3.63, 3.8) is 0 Å². The van der Waals surface area contributed by atoms with E-state index in [9.17, 15) is 4.79 Å². The molecule has 0 aliphatic rings. The van der Waals surface area contributed by atoms with Gasteiger partial charge < -0.3 is 19.7 Å². The number of anilines is 2. The van der Waals surface area contributed by atoms with Gasteiger partial charge in [0.05, 0.1) is 14.2 Å². The van der Waals surface area contributed by atoms with Crippen LogP contribution in [0.25, 0.3) is 0 Å². The fourth-order valence-corrected chi connectivity index (χ4v) is 2.70. The molecule has 0 saturated carbocycles. The minimum Gasteiger partial charge on any atom is -0.496 e. The van der Waals surface area contributed by atoms with E-state index in [0.717, 1.165) is 31.7 Å². The van der Waals surface area contributed by atoms with E-state index < -0.39 is 0 Å². The molecule has 7 nitrogen and oxygen atoms in total. The van der Waals surface area contributed by atoms with Crippen LogP contribution < -0.4 is 19.7 Å². The van der Waals surface area contributed by atoms with Gasteiger partial charge in [-0.3, -0.25) is 4.79 Å². The van der Waals surface area contributed by atoms with Gasteiger partial charge in [0.2, 0.25) is 0 Å². The van der Waals surface area contributed by atoms with Crippen LogP contribution in [0.4, 0.5) is 11.6 Å². The number of benzene rings is 1. The zero-order chi connectivity index (χ0) is 18.9. The lowest BCUT2D eigenvalue weighted by Gasteiger charge is -2.21. The average Bonchev–Trinajstić information content (AvgIpc) is 2.67. The van der Waals surface area contributed by atoms with Gasteiger partial charge in [-0.15, -0.1) is 10.2 Å². The summed E-state index contributed by atoms with van der Waals surface area (Å²) in [4.78, 5) is 14.8. The van der Waals surface area contributed by atoms with E-state index in [1.807, 2.05) is 6.07 Å². The first kappa shape index (κ1) is 19.5. The van der Waals surface area contributed by atoms with Crippen LogP contribution in [-0.2, 0) is 0 Å². The average molecular weight is 358 g/mol. The second-order valence-electron chi connectivity index (χ2n) is 5.76. The van der Waals surface area contributed by atoms with Gasteiger partial charge in [0.15, 0.2) is 11.6 Å². The number of amides is 1. The number of ether oxygens (including phenoxy) is 2. The van der Waals surface area contributed by atoms with E-state index in [4.69, 9.17) is 9.47 Å². The first-order valence-electron chi connectivity index (χ1n) is 8.75. The van der Waals surface area contributed by atoms with E-state index in [-0.39, 0.29) is 5.91 Å². The maximum absolute atomic E-state index is 12.6. The van der Waals surface area contributed by atoms with Gasteiger partial charge in [-0.25, -0.2) is 0 Å². The summed E-state index contributed by atoms with van der Waals surface area (Å²) >= 11 is 0. The molecule has 1 aromatic carbocycles. The van der Waals surface area contributed by atoms with Crippen LogP contribution in [0.5, 0.6) is 11.5 Å². The van der Waals surface area contributed by atoms with Crippen LogP contribution in [0.1, 0.15) is 37.0 Å². The molecule has 0 fully saturated rings. The van der Waals surface area contributed by atoms with Crippen LogP contribution in [0.15, 0.2) is 30.3 Å². The Kier molecular flexibility index (Phi) is 7.20. The predicted molar refractivity (Wildman–Crippen MR) is 102 cm³/mol. The molecule has 140 valence electrons. The summed E-state index contributed by atoms with van der Waals surface area (Å²) in [6.45, 7) is 6.11. The Morgan fingerprint density at radius 2 is 1.62 bits per heavy atom. The second kappa shape index (κ2) is 9.60. The Bertz CT molecular complexity index is 691. The van der Waals surface area contributed by atoms with E-state index in [1.54, 1.807) is 24.3 Å². The summed E-state index contributed by atoms with van der Waals surface area (Å²) in [5.74, 6) is 1.69. The molecule has 0 unspecified atom stereocenters. The second-order valence-corrected chi connectivity index (χ2v) is 5.76. The lowest BCUT2D eigenvalue weighted by atomic mass is 10.1. The zero-order valence-corrected chi connectivity index (χ0v) is 15.8. The van der Waals surface area contributed by atoms with Crippen molar-refractivity contribution >= 4 is 17.5 Å². The SMILES string of the molecule is CCCN(CCC)c1ccc(NC(=O)c2c(OC)cccc2OC)nn1. The van der Waals surface area contributed by atoms with Gasteiger partial charge in [-0.05, 0) is 37.1 Å². The molecule has 0 bridgehead atoms. The van der Waals surface area contributed by atoms with Crippen molar-refractivity contribution in [2.45, 2.75) is 26.7 Å². The van der Waals surface area contributed by atoms with Gasteiger partial charge in [-0.1, -0.05) is 19.9 Å². The maximum atomic E-state index is 12.6. The van der Waals surface area contributed by atoms with Crippen LogP contribution in [-0.4, -0.2) is 43.4 Å². The summed E-state index contributed by atoms with van der Waals surface area (Å²) in [5, 5.41) is 11.1. The van der Waals surface area contributed by atoms with E-state index >= 15 is 0 Å². The van der Waals surface area contributed by atoms with Crippen molar-refractivity contribution in [1.29, 1.82) is 0 Å². The molecule has 2 aromatic rings. The molecule has 0 radical (unpaired) electrons. The Hall–Kier alpha value is -2.83. The Balaban J connectivity index is 2.18. The molecule has 26 heavy (non-hydrogen) atoms. The summed E-state index contributed by atoms with van der Waals surface area (Å²) in [7, 11) is 3.02. The van der Waals surface area contributed by atoms with Crippen molar-refractivity contribution < 1.29 is 14.3 Å². The highest BCUT2D eigenvalue weighted by molar-refractivity contribution is 6.07. The van der Waals surface area contributed by atoms with Crippen molar-refractivity contribution in [1.82, 2.24) is 10.2 Å². The Morgan fingerprint density at radius 3 is 2.08 bits per heavy atom. The highest BCUT2D eigenvalue weighted by Crippen LogP contribution is 2.28. The smallest absolute Gasteiger partial charge is 0.264 e. The number of nitrogens with zero attached hydrogens (tertiary/aromatic N) is 3. The van der Waals surface area contributed by atoms with E-state index in [0.29, 0.717) is 22.9 Å². The van der Waals surface area contributed by atoms with E-state index in [1.165, 1.54) is 14.2 Å². The third kappa shape index (κ3) is 4.62. The first-order chi connectivity index (χ1) is 12.6. The summed E-state index contributed by atoms with van der Waals surface area (Å²) in [6, 6.07) is 8.80. The maximum Gasteiger partial charge on any atom is 0.264 e. The summed E-state index contributed by atoms with van der Waals surface area (Å²) in [6.07, 6.45) is 2.07. The number of hydrogen-bond donors (Lipinski definition) is 1. The van der Waals surface area contributed by atoms with Crippen molar-refractivity contribution in [2.75, 3.05) is 37.5 Å². The van der Waals surface area contributed by atoms with Crippen LogP contribution in [0.2, 0.25) is 0 Å². The number of carbonyl (C=O) groups excluding carboxylic acids is 1. The molecule has 0 aliphatic heterocycles. The van der Waals surface area contributed by atoms with Crippen molar-refractivity contribution in [3.8, 4) is 11.5 Å². The molecule has 0 spiro atoms. The van der Waals surface area contributed by atoms with Gasteiger partial charge in [0.1, 0.15) is 17.1 Å². The van der Waals surface area contributed by atoms with Gasteiger partial charge in [0.25, 0.3) is 5.91 Å². The number of hydrogen-bond acceptors (Lipinski definition) is 6. The molecule has 0 aliphatic carbocycles. The predicted octanol–water partition coefficient (Wildman–Crippen LogP) is 3.37. The first-order valence-corrected chi connectivity index (χ1v) is 8.75. The normalized spacial score (nSPS) is 10.3. The molecule has 0 saturated heterocycles. The van der Waals surface area contributed by atoms with E-state index in [2.05, 4.69) is 34.3 Å². The highest BCUT2D eigenvalue weighted by atomic mass is 16.5. The summed E-state index contributed by atoms with van der Waals surface area (Å²) < 4.78 is 10.5. The largest absolute Gasteiger partial charge is 0.496 e. The zero-order valence-electron chi connectivity index (χ0n) is 15.8. The van der Waals surface area contributed by atoms with Crippen LogP contribution in [0, 0.1) is 0 Å². The minimum atomic E-state index is -0.361. The Morgan fingerprint density at radius 1 is 1.00 bits per heavy atom.